The van der Waals surface area contributed by atoms with Gasteiger partial charge in [-0.05, 0) is 35.4 Å². The fourth-order valence-electron chi connectivity index (χ4n) is 4.08. The molecule has 3 atom stereocenters. The van der Waals surface area contributed by atoms with Gasteiger partial charge in [-0.1, -0.05) is 67.4 Å². The summed E-state index contributed by atoms with van der Waals surface area (Å²) in [6.07, 6.45) is 4.57. The fraction of sp³-hybridized carbons (Fsp3) is 0.350. The molecule has 2 fully saturated rings. The van der Waals surface area contributed by atoms with E-state index in [0.717, 1.165) is 12.8 Å². The van der Waals surface area contributed by atoms with Crippen LogP contribution in [0.2, 0.25) is 0 Å². The van der Waals surface area contributed by atoms with Crippen LogP contribution < -0.4 is 10.9 Å². The molecule has 0 aromatic heterocycles. The number of hydrogen-bond acceptors (Lipinski definition) is 2. The van der Waals surface area contributed by atoms with Crippen molar-refractivity contribution in [3.05, 3.63) is 60.2 Å². The lowest BCUT2D eigenvalue weighted by atomic mass is 9.72. The highest BCUT2D eigenvalue weighted by atomic mass is 16.2. The minimum atomic E-state index is 0.170. The number of hydrogen-bond donors (Lipinski definition) is 2. The quantitative estimate of drug-likeness (QED) is 0.885. The van der Waals surface area contributed by atoms with E-state index < -0.39 is 0 Å². The zero-order valence-corrected chi connectivity index (χ0v) is 13.2. The molecular formula is C20H22N2O. The van der Waals surface area contributed by atoms with Gasteiger partial charge in [-0.15, -0.1) is 0 Å². The highest BCUT2D eigenvalue weighted by Crippen LogP contribution is 2.40. The third-order valence-electron chi connectivity index (χ3n) is 5.31. The third kappa shape index (κ3) is 2.77. The second-order valence-electron chi connectivity index (χ2n) is 6.65. The number of rotatable bonds is 2. The summed E-state index contributed by atoms with van der Waals surface area (Å²) in [5, 5.41) is 0. The standard InChI is InChI=1S/C20H22N2O/c23-20-18-9-5-4-8-17(18)19(21-22-20)16-12-10-15(11-13-16)14-6-2-1-3-7-14/h1-3,6-7,10-13,17-19,21H,4-5,8-9H2,(H,22,23). The minimum Gasteiger partial charge on any atom is -0.291 e. The van der Waals surface area contributed by atoms with E-state index in [0.29, 0.717) is 5.92 Å². The number of carbonyl (C=O) groups is 1. The van der Waals surface area contributed by atoms with E-state index in [2.05, 4.69) is 59.4 Å². The summed E-state index contributed by atoms with van der Waals surface area (Å²) >= 11 is 0. The SMILES string of the molecule is O=C1NNC(c2ccc(-c3ccccc3)cc2)C2CCCCC12. The van der Waals surface area contributed by atoms with Gasteiger partial charge in [0.25, 0.3) is 0 Å². The van der Waals surface area contributed by atoms with Crippen molar-refractivity contribution in [1.29, 1.82) is 0 Å². The fourth-order valence-corrected chi connectivity index (χ4v) is 4.08. The summed E-state index contributed by atoms with van der Waals surface area (Å²) in [5.41, 5.74) is 9.86. The van der Waals surface area contributed by atoms with E-state index in [-0.39, 0.29) is 17.9 Å². The summed E-state index contributed by atoms with van der Waals surface area (Å²) in [6.45, 7) is 0. The Kier molecular flexibility index (Phi) is 3.88. The van der Waals surface area contributed by atoms with Crippen LogP contribution in [0.15, 0.2) is 54.6 Å². The van der Waals surface area contributed by atoms with Gasteiger partial charge in [-0.3, -0.25) is 10.2 Å². The number of amides is 1. The molecule has 1 saturated heterocycles. The molecule has 0 radical (unpaired) electrons. The molecule has 0 bridgehead atoms. The lowest BCUT2D eigenvalue weighted by Crippen LogP contribution is -2.55. The molecule has 3 nitrogen and oxygen atoms in total. The number of hydrazine groups is 1. The highest BCUT2D eigenvalue weighted by molar-refractivity contribution is 5.79. The largest absolute Gasteiger partial charge is 0.291 e. The van der Waals surface area contributed by atoms with Crippen LogP contribution in [0.25, 0.3) is 11.1 Å². The number of fused-ring (bicyclic) bond motifs is 1. The molecule has 2 aliphatic rings. The molecule has 2 aromatic carbocycles. The van der Waals surface area contributed by atoms with Crippen molar-refractivity contribution < 1.29 is 4.79 Å². The molecule has 4 rings (SSSR count). The molecule has 3 unspecified atom stereocenters. The average molecular weight is 306 g/mol. The molecular weight excluding hydrogens is 284 g/mol. The Balaban J connectivity index is 1.59. The normalized spacial score (nSPS) is 27.1. The van der Waals surface area contributed by atoms with E-state index >= 15 is 0 Å². The van der Waals surface area contributed by atoms with Crippen molar-refractivity contribution in [1.82, 2.24) is 10.9 Å². The van der Waals surface area contributed by atoms with E-state index in [4.69, 9.17) is 0 Å². The summed E-state index contributed by atoms with van der Waals surface area (Å²) in [7, 11) is 0. The molecule has 2 N–H and O–H groups in total. The van der Waals surface area contributed by atoms with Crippen LogP contribution in [-0.4, -0.2) is 5.91 Å². The van der Waals surface area contributed by atoms with Crippen LogP contribution >= 0.6 is 0 Å². The first-order chi connectivity index (χ1) is 11.3. The van der Waals surface area contributed by atoms with Crippen LogP contribution in [0.4, 0.5) is 0 Å². The van der Waals surface area contributed by atoms with Crippen LogP contribution in [0.1, 0.15) is 37.3 Å². The zero-order valence-electron chi connectivity index (χ0n) is 13.2. The summed E-state index contributed by atoms with van der Waals surface area (Å²) in [5.74, 6) is 0.760. The second kappa shape index (κ2) is 6.17. The predicted molar refractivity (Wildman–Crippen MR) is 91.3 cm³/mol. The van der Waals surface area contributed by atoms with Crippen molar-refractivity contribution in [2.24, 2.45) is 11.8 Å². The Morgan fingerprint density at radius 1 is 0.826 bits per heavy atom. The first kappa shape index (κ1) is 14.5. The number of benzene rings is 2. The van der Waals surface area contributed by atoms with Gasteiger partial charge in [-0.2, -0.15) is 0 Å². The molecule has 1 heterocycles. The van der Waals surface area contributed by atoms with Gasteiger partial charge in [0.05, 0.1) is 6.04 Å². The Labute approximate surface area is 137 Å². The molecule has 1 aliphatic carbocycles. The average Bonchev–Trinajstić information content (AvgIpc) is 2.63. The maximum atomic E-state index is 12.1. The Bertz CT molecular complexity index is 681. The van der Waals surface area contributed by atoms with E-state index in [1.54, 1.807) is 0 Å². The molecule has 1 saturated carbocycles. The molecule has 3 heteroatoms. The van der Waals surface area contributed by atoms with E-state index in [9.17, 15) is 4.79 Å². The van der Waals surface area contributed by atoms with Gasteiger partial charge in [-0.25, -0.2) is 5.43 Å². The second-order valence-corrected chi connectivity index (χ2v) is 6.65. The molecule has 23 heavy (non-hydrogen) atoms. The van der Waals surface area contributed by atoms with E-state index in [1.807, 2.05) is 6.07 Å². The Morgan fingerprint density at radius 3 is 2.30 bits per heavy atom. The van der Waals surface area contributed by atoms with Crippen molar-refractivity contribution in [3.63, 3.8) is 0 Å². The monoisotopic (exact) mass is 306 g/mol. The van der Waals surface area contributed by atoms with Gasteiger partial charge in [0.1, 0.15) is 0 Å². The van der Waals surface area contributed by atoms with Gasteiger partial charge in [0, 0.05) is 5.92 Å². The minimum absolute atomic E-state index is 0.170. The lowest BCUT2D eigenvalue weighted by molar-refractivity contribution is -0.133. The molecule has 0 spiro atoms. The third-order valence-corrected chi connectivity index (χ3v) is 5.31. The maximum absolute atomic E-state index is 12.1. The topological polar surface area (TPSA) is 41.1 Å². The first-order valence-corrected chi connectivity index (χ1v) is 8.54. The summed E-state index contributed by atoms with van der Waals surface area (Å²) in [4.78, 5) is 12.1. The van der Waals surface area contributed by atoms with Crippen LogP contribution in [-0.2, 0) is 4.79 Å². The van der Waals surface area contributed by atoms with Gasteiger partial charge >= 0.3 is 0 Å². The van der Waals surface area contributed by atoms with Crippen molar-refractivity contribution in [2.75, 3.05) is 0 Å². The predicted octanol–water partition coefficient (Wildman–Crippen LogP) is 3.84. The van der Waals surface area contributed by atoms with Crippen molar-refractivity contribution in [2.45, 2.75) is 31.7 Å². The van der Waals surface area contributed by atoms with Crippen molar-refractivity contribution in [3.8, 4) is 11.1 Å². The van der Waals surface area contributed by atoms with Crippen LogP contribution in [0.3, 0.4) is 0 Å². The summed E-state index contributed by atoms with van der Waals surface area (Å²) in [6, 6.07) is 19.4. The molecule has 1 amide bonds. The van der Waals surface area contributed by atoms with Gasteiger partial charge < -0.3 is 0 Å². The lowest BCUT2D eigenvalue weighted by Gasteiger charge is -2.41. The highest BCUT2D eigenvalue weighted by Gasteiger charge is 2.40. The van der Waals surface area contributed by atoms with Gasteiger partial charge in [0.2, 0.25) is 5.91 Å². The number of nitrogens with one attached hydrogen (secondary N) is 2. The van der Waals surface area contributed by atoms with Crippen LogP contribution in [0, 0.1) is 11.8 Å². The maximum Gasteiger partial charge on any atom is 0.237 e. The first-order valence-electron chi connectivity index (χ1n) is 8.54. The van der Waals surface area contributed by atoms with Crippen molar-refractivity contribution >= 4 is 5.91 Å². The Hall–Kier alpha value is -2.13. The molecule has 2 aromatic rings. The zero-order chi connectivity index (χ0) is 15.6. The number of carbonyl (C=O) groups excluding carboxylic acids is 1. The summed E-state index contributed by atoms with van der Waals surface area (Å²) < 4.78 is 0. The van der Waals surface area contributed by atoms with Gasteiger partial charge in [0.15, 0.2) is 0 Å². The Morgan fingerprint density at radius 2 is 1.52 bits per heavy atom. The smallest absolute Gasteiger partial charge is 0.237 e. The van der Waals surface area contributed by atoms with Crippen LogP contribution in [0.5, 0.6) is 0 Å². The van der Waals surface area contributed by atoms with E-state index in [1.165, 1.54) is 29.5 Å². The molecule has 118 valence electrons. The molecule has 1 aliphatic heterocycles.